The van der Waals surface area contributed by atoms with Crippen molar-refractivity contribution >= 4 is 0 Å². The molecule has 2 aliphatic carbocycles. The standard InChI is InChI=1S/C12H22O/c1-11(5-2-3-6-11)9-12(10-13)7-4-8-12/h13H,2-10H2,1H3. The van der Waals surface area contributed by atoms with Gasteiger partial charge in [0, 0.05) is 6.61 Å². The highest BCUT2D eigenvalue weighted by Gasteiger charge is 2.43. The number of aliphatic hydroxyl groups excluding tert-OH is 1. The van der Waals surface area contributed by atoms with E-state index < -0.39 is 0 Å². The number of rotatable bonds is 3. The molecule has 0 aromatic heterocycles. The summed E-state index contributed by atoms with van der Waals surface area (Å²) >= 11 is 0. The van der Waals surface area contributed by atoms with E-state index in [1.807, 2.05) is 0 Å². The van der Waals surface area contributed by atoms with Crippen molar-refractivity contribution in [3.63, 3.8) is 0 Å². The van der Waals surface area contributed by atoms with Crippen molar-refractivity contribution in [2.45, 2.75) is 58.3 Å². The third kappa shape index (κ3) is 1.76. The molecule has 2 fully saturated rings. The third-order valence-corrected chi connectivity index (χ3v) is 4.36. The fraction of sp³-hybridized carbons (Fsp3) is 1.00. The van der Waals surface area contributed by atoms with Crippen LogP contribution < -0.4 is 0 Å². The van der Waals surface area contributed by atoms with Crippen LogP contribution in [0.2, 0.25) is 0 Å². The van der Waals surface area contributed by atoms with Gasteiger partial charge in [0.1, 0.15) is 0 Å². The van der Waals surface area contributed by atoms with Crippen LogP contribution in [0, 0.1) is 10.8 Å². The van der Waals surface area contributed by atoms with E-state index in [4.69, 9.17) is 0 Å². The Balaban J connectivity index is 1.95. The molecule has 1 heteroatoms. The molecule has 2 rings (SSSR count). The van der Waals surface area contributed by atoms with Crippen LogP contribution in [0.4, 0.5) is 0 Å². The molecule has 0 aromatic carbocycles. The molecule has 0 heterocycles. The van der Waals surface area contributed by atoms with Gasteiger partial charge < -0.3 is 5.11 Å². The summed E-state index contributed by atoms with van der Waals surface area (Å²) in [6.45, 7) is 2.86. The lowest BCUT2D eigenvalue weighted by Gasteiger charge is -2.45. The van der Waals surface area contributed by atoms with E-state index in [1.54, 1.807) is 0 Å². The van der Waals surface area contributed by atoms with Gasteiger partial charge in [0.25, 0.3) is 0 Å². The lowest BCUT2D eigenvalue weighted by Crippen LogP contribution is -2.37. The van der Waals surface area contributed by atoms with Gasteiger partial charge in [0.2, 0.25) is 0 Å². The fourth-order valence-electron chi connectivity index (χ4n) is 3.38. The molecule has 0 bridgehead atoms. The molecule has 0 aliphatic heterocycles. The maximum Gasteiger partial charge on any atom is 0.0487 e. The molecule has 0 atom stereocenters. The summed E-state index contributed by atoms with van der Waals surface area (Å²) in [5.74, 6) is 0. The summed E-state index contributed by atoms with van der Waals surface area (Å²) < 4.78 is 0. The van der Waals surface area contributed by atoms with Crippen molar-refractivity contribution in [3.8, 4) is 0 Å². The van der Waals surface area contributed by atoms with Gasteiger partial charge >= 0.3 is 0 Å². The van der Waals surface area contributed by atoms with Crippen molar-refractivity contribution in [1.29, 1.82) is 0 Å². The molecule has 1 nitrogen and oxygen atoms in total. The zero-order valence-corrected chi connectivity index (χ0v) is 8.81. The second kappa shape index (κ2) is 3.27. The third-order valence-electron chi connectivity index (χ3n) is 4.36. The number of hydrogen-bond acceptors (Lipinski definition) is 1. The van der Waals surface area contributed by atoms with Crippen LogP contribution in [0.5, 0.6) is 0 Å². The molecule has 0 amide bonds. The lowest BCUT2D eigenvalue weighted by atomic mass is 9.61. The molecule has 13 heavy (non-hydrogen) atoms. The zero-order valence-electron chi connectivity index (χ0n) is 8.81. The summed E-state index contributed by atoms with van der Waals surface area (Å²) in [7, 11) is 0. The number of aliphatic hydroxyl groups is 1. The first kappa shape index (κ1) is 9.51. The Morgan fingerprint density at radius 2 is 1.62 bits per heavy atom. The highest BCUT2D eigenvalue weighted by Crippen LogP contribution is 2.53. The van der Waals surface area contributed by atoms with Crippen LogP contribution in [-0.2, 0) is 0 Å². The van der Waals surface area contributed by atoms with Gasteiger partial charge in [-0.25, -0.2) is 0 Å². The number of hydrogen-bond donors (Lipinski definition) is 1. The molecule has 2 aliphatic rings. The minimum Gasteiger partial charge on any atom is -0.396 e. The van der Waals surface area contributed by atoms with Gasteiger partial charge in [0.05, 0.1) is 0 Å². The van der Waals surface area contributed by atoms with Gasteiger partial charge in [-0.2, -0.15) is 0 Å². The fourth-order valence-corrected chi connectivity index (χ4v) is 3.38. The first-order valence-electron chi connectivity index (χ1n) is 5.79. The summed E-state index contributed by atoms with van der Waals surface area (Å²) in [5.41, 5.74) is 0.919. The van der Waals surface area contributed by atoms with Gasteiger partial charge in [-0.15, -0.1) is 0 Å². The maximum absolute atomic E-state index is 9.41. The minimum absolute atomic E-state index is 0.346. The molecule has 0 unspecified atom stereocenters. The Kier molecular flexibility index (Phi) is 2.39. The minimum atomic E-state index is 0.346. The predicted octanol–water partition coefficient (Wildman–Crippen LogP) is 3.12. The molecule has 0 saturated heterocycles. The monoisotopic (exact) mass is 182 g/mol. The smallest absolute Gasteiger partial charge is 0.0487 e. The molecule has 1 N–H and O–H groups in total. The highest BCUT2D eigenvalue weighted by molar-refractivity contribution is 4.94. The van der Waals surface area contributed by atoms with Crippen LogP contribution in [0.1, 0.15) is 58.3 Å². The van der Waals surface area contributed by atoms with Crippen LogP contribution >= 0.6 is 0 Å². The van der Waals surface area contributed by atoms with Crippen molar-refractivity contribution in [1.82, 2.24) is 0 Å². The van der Waals surface area contributed by atoms with Gasteiger partial charge in [-0.3, -0.25) is 0 Å². The topological polar surface area (TPSA) is 20.2 Å². The summed E-state index contributed by atoms with van der Waals surface area (Å²) in [6, 6.07) is 0. The van der Waals surface area contributed by atoms with Crippen LogP contribution in [0.3, 0.4) is 0 Å². The van der Waals surface area contributed by atoms with E-state index in [2.05, 4.69) is 6.92 Å². The van der Waals surface area contributed by atoms with Crippen LogP contribution in [0.15, 0.2) is 0 Å². The SMILES string of the molecule is CC1(CC2(CO)CCC2)CCCC1. The molecular formula is C12H22O. The van der Waals surface area contributed by atoms with Gasteiger partial charge in [0.15, 0.2) is 0 Å². The van der Waals surface area contributed by atoms with Crippen LogP contribution in [-0.4, -0.2) is 11.7 Å². The van der Waals surface area contributed by atoms with E-state index in [0.29, 0.717) is 17.4 Å². The highest BCUT2D eigenvalue weighted by atomic mass is 16.3. The zero-order chi connectivity index (χ0) is 9.36. The Morgan fingerprint density at radius 3 is 2.00 bits per heavy atom. The first-order chi connectivity index (χ1) is 6.18. The molecule has 0 spiro atoms. The van der Waals surface area contributed by atoms with Crippen molar-refractivity contribution in [2.24, 2.45) is 10.8 Å². The molecular weight excluding hydrogens is 160 g/mol. The predicted molar refractivity (Wildman–Crippen MR) is 54.6 cm³/mol. The Labute approximate surface area is 81.5 Å². The largest absolute Gasteiger partial charge is 0.396 e. The Bertz CT molecular complexity index is 170. The van der Waals surface area contributed by atoms with Crippen LogP contribution in [0.25, 0.3) is 0 Å². The second-order valence-electron chi connectivity index (χ2n) is 5.71. The van der Waals surface area contributed by atoms with Gasteiger partial charge in [-0.1, -0.05) is 26.2 Å². The normalized spacial score (nSPS) is 30.0. The van der Waals surface area contributed by atoms with E-state index in [1.165, 1.54) is 51.4 Å². The van der Waals surface area contributed by atoms with E-state index in [9.17, 15) is 5.11 Å². The van der Waals surface area contributed by atoms with Crippen molar-refractivity contribution in [3.05, 3.63) is 0 Å². The van der Waals surface area contributed by atoms with E-state index in [0.717, 1.165) is 0 Å². The lowest BCUT2D eigenvalue weighted by molar-refractivity contribution is -0.000864. The average molecular weight is 182 g/mol. The van der Waals surface area contributed by atoms with Crippen molar-refractivity contribution in [2.75, 3.05) is 6.61 Å². The van der Waals surface area contributed by atoms with E-state index in [-0.39, 0.29) is 0 Å². The molecule has 0 radical (unpaired) electrons. The molecule has 2 saturated carbocycles. The van der Waals surface area contributed by atoms with Gasteiger partial charge in [-0.05, 0) is 42.9 Å². The second-order valence-corrected chi connectivity index (χ2v) is 5.71. The summed E-state index contributed by atoms with van der Waals surface area (Å²) in [4.78, 5) is 0. The Hall–Kier alpha value is -0.0400. The quantitative estimate of drug-likeness (QED) is 0.711. The van der Waals surface area contributed by atoms with Crippen molar-refractivity contribution < 1.29 is 5.11 Å². The Morgan fingerprint density at radius 1 is 1.00 bits per heavy atom. The average Bonchev–Trinajstić information content (AvgIpc) is 2.45. The summed E-state index contributed by atoms with van der Waals surface area (Å²) in [5, 5.41) is 9.41. The molecule has 76 valence electrons. The maximum atomic E-state index is 9.41. The molecule has 0 aromatic rings. The first-order valence-corrected chi connectivity index (χ1v) is 5.79. The van der Waals surface area contributed by atoms with E-state index >= 15 is 0 Å². The summed E-state index contributed by atoms with van der Waals surface area (Å²) in [6.07, 6.45) is 10.8.